The number of alkyl halides is 9. The molecule has 2 atom stereocenters. The highest BCUT2D eigenvalue weighted by Gasteiger charge is 2.40. The number of carboxylic acids is 1. The van der Waals surface area contributed by atoms with E-state index < -0.39 is 58.8 Å². The fourth-order valence-corrected chi connectivity index (χ4v) is 5.74. The summed E-state index contributed by atoms with van der Waals surface area (Å²) >= 11 is 0. The van der Waals surface area contributed by atoms with Crippen LogP contribution < -0.4 is 4.74 Å². The summed E-state index contributed by atoms with van der Waals surface area (Å²) in [5.74, 6) is -1.78. The Morgan fingerprint density at radius 3 is 1.94 bits per heavy atom. The van der Waals surface area contributed by atoms with Crippen molar-refractivity contribution >= 4 is 11.7 Å². The van der Waals surface area contributed by atoms with Gasteiger partial charge in [0.1, 0.15) is 5.75 Å². The standard InChI is InChI=1S/C35H26F9NO4/c1-17-10-20(32(46)47)4-7-26(17)19-5-9-30(48-3)28(14-19)27-8-6-23(33(36,37)38)11-21(27)15-29-18(2)31(49-45-29)22-12-24(34(39,40)41)16-25(13-22)35(42,43)44/h4-14,16,18,31H,15H2,1-3H3,(H,46,47). The van der Waals surface area contributed by atoms with Crippen molar-refractivity contribution in [1.29, 1.82) is 0 Å². The molecule has 0 aliphatic carbocycles. The molecule has 0 saturated heterocycles. The summed E-state index contributed by atoms with van der Waals surface area (Å²) < 4.78 is 128. The molecule has 4 aromatic rings. The summed E-state index contributed by atoms with van der Waals surface area (Å²) in [6.07, 6.45) is -16.6. The Morgan fingerprint density at radius 2 is 1.39 bits per heavy atom. The zero-order valence-corrected chi connectivity index (χ0v) is 25.8. The lowest BCUT2D eigenvalue weighted by Gasteiger charge is -2.20. The molecule has 2 unspecified atom stereocenters. The molecular weight excluding hydrogens is 669 g/mol. The molecule has 0 bridgehead atoms. The zero-order valence-electron chi connectivity index (χ0n) is 25.8. The molecule has 1 aliphatic rings. The van der Waals surface area contributed by atoms with E-state index in [-0.39, 0.29) is 40.6 Å². The van der Waals surface area contributed by atoms with Crippen molar-refractivity contribution in [2.45, 2.75) is 44.9 Å². The van der Waals surface area contributed by atoms with Gasteiger partial charge in [-0.25, -0.2) is 4.79 Å². The summed E-state index contributed by atoms with van der Waals surface area (Å²) in [5, 5.41) is 13.3. The number of hydrogen-bond donors (Lipinski definition) is 1. The quantitative estimate of drug-likeness (QED) is 0.196. The molecule has 0 radical (unpaired) electrons. The molecule has 0 saturated carbocycles. The Morgan fingerprint density at radius 1 is 0.776 bits per heavy atom. The normalized spacial score (nSPS) is 16.7. The van der Waals surface area contributed by atoms with Crippen molar-refractivity contribution < 1.29 is 59.0 Å². The van der Waals surface area contributed by atoms with Crippen LogP contribution in [0.3, 0.4) is 0 Å². The fraction of sp³-hybridized carbons (Fsp3) is 0.257. The molecule has 1 aliphatic heterocycles. The number of halogens is 9. The first kappa shape index (κ1) is 35.3. The number of methoxy groups -OCH3 is 1. The van der Waals surface area contributed by atoms with Crippen molar-refractivity contribution in [2.75, 3.05) is 7.11 Å². The minimum Gasteiger partial charge on any atom is -0.496 e. The molecule has 0 spiro atoms. The average Bonchev–Trinajstić information content (AvgIpc) is 3.38. The van der Waals surface area contributed by atoms with Crippen LogP contribution in [0.5, 0.6) is 5.75 Å². The number of nitrogens with zero attached hydrogens (tertiary/aromatic N) is 1. The van der Waals surface area contributed by atoms with Gasteiger partial charge in [-0.2, -0.15) is 39.5 Å². The molecule has 49 heavy (non-hydrogen) atoms. The topological polar surface area (TPSA) is 68.1 Å². The lowest BCUT2D eigenvalue weighted by molar-refractivity contribution is -0.143. The second kappa shape index (κ2) is 12.8. The predicted molar refractivity (Wildman–Crippen MR) is 161 cm³/mol. The third-order valence-electron chi connectivity index (χ3n) is 8.28. The first-order chi connectivity index (χ1) is 22.8. The van der Waals surface area contributed by atoms with Gasteiger partial charge < -0.3 is 14.7 Å². The number of benzene rings is 4. The number of aromatic carboxylic acids is 1. The van der Waals surface area contributed by atoms with E-state index in [9.17, 15) is 49.4 Å². The van der Waals surface area contributed by atoms with E-state index in [1.165, 1.54) is 32.2 Å². The minimum absolute atomic E-state index is 0.0106. The maximum atomic E-state index is 13.9. The van der Waals surface area contributed by atoms with Gasteiger partial charge >= 0.3 is 24.5 Å². The third-order valence-corrected chi connectivity index (χ3v) is 8.28. The van der Waals surface area contributed by atoms with Crippen LogP contribution >= 0.6 is 0 Å². The largest absolute Gasteiger partial charge is 0.496 e. The molecule has 1 heterocycles. The number of oxime groups is 1. The molecule has 0 fully saturated rings. The van der Waals surface area contributed by atoms with Gasteiger partial charge in [-0.15, -0.1) is 0 Å². The number of rotatable bonds is 7. The van der Waals surface area contributed by atoms with Gasteiger partial charge in [0.05, 0.1) is 35.1 Å². The van der Waals surface area contributed by atoms with Crippen molar-refractivity contribution in [2.24, 2.45) is 11.1 Å². The van der Waals surface area contributed by atoms with Gasteiger partial charge in [-0.05, 0) is 94.9 Å². The van der Waals surface area contributed by atoms with E-state index >= 15 is 0 Å². The SMILES string of the molecule is COc1ccc(-c2ccc(C(=O)O)cc2C)cc1-c1ccc(C(F)(F)F)cc1CC1=NOC(c2cc(C(F)(F)F)cc(C(F)(F)F)c2)C1C. The Labute approximate surface area is 273 Å². The van der Waals surface area contributed by atoms with Gasteiger partial charge in [-0.1, -0.05) is 30.3 Å². The first-order valence-corrected chi connectivity index (χ1v) is 14.5. The van der Waals surface area contributed by atoms with Crippen LogP contribution in [0.4, 0.5) is 39.5 Å². The monoisotopic (exact) mass is 695 g/mol. The Hall–Kier alpha value is -5.01. The summed E-state index contributed by atoms with van der Waals surface area (Å²) in [7, 11) is 1.36. The van der Waals surface area contributed by atoms with Crippen LogP contribution in [0.15, 0.2) is 78.0 Å². The Kier molecular flexibility index (Phi) is 9.21. The molecule has 5 nitrogen and oxygen atoms in total. The highest BCUT2D eigenvalue weighted by molar-refractivity contribution is 5.92. The molecule has 4 aromatic carbocycles. The number of carboxylic acid groups (broad SMARTS) is 1. The van der Waals surface area contributed by atoms with Gasteiger partial charge in [0.15, 0.2) is 6.10 Å². The lowest BCUT2D eigenvalue weighted by atomic mass is 9.86. The second-order valence-electron chi connectivity index (χ2n) is 11.5. The number of aryl methyl sites for hydroxylation is 1. The number of hydrogen-bond acceptors (Lipinski definition) is 4. The minimum atomic E-state index is -5.10. The summed E-state index contributed by atoms with van der Waals surface area (Å²) in [4.78, 5) is 16.8. The van der Waals surface area contributed by atoms with Gasteiger partial charge in [0.25, 0.3) is 0 Å². The van der Waals surface area contributed by atoms with Crippen molar-refractivity contribution in [3.8, 4) is 28.0 Å². The van der Waals surface area contributed by atoms with E-state index in [0.717, 1.165) is 12.1 Å². The first-order valence-electron chi connectivity index (χ1n) is 14.5. The van der Waals surface area contributed by atoms with Gasteiger partial charge in [-0.3, -0.25) is 0 Å². The summed E-state index contributed by atoms with van der Waals surface area (Å²) in [6, 6.07) is 13.5. The highest BCUT2D eigenvalue weighted by atomic mass is 19.4. The van der Waals surface area contributed by atoms with E-state index in [1.54, 1.807) is 31.2 Å². The molecule has 14 heteroatoms. The molecule has 5 rings (SSSR count). The van der Waals surface area contributed by atoms with Crippen molar-refractivity contribution in [1.82, 2.24) is 0 Å². The Balaban J connectivity index is 1.57. The van der Waals surface area contributed by atoms with Crippen LogP contribution in [0, 0.1) is 12.8 Å². The maximum Gasteiger partial charge on any atom is 0.416 e. The van der Waals surface area contributed by atoms with Crippen LogP contribution in [0.25, 0.3) is 22.3 Å². The summed E-state index contributed by atoms with van der Waals surface area (Å²) in [5.41, 5.74) is -1.80. The van der Waals surface area contributed by atoms with E-state index in [1.807, 2.05) is 0 Å². The molecule has 0 aromatic heterocycles. The third kappa shape index (κ3) is 7.37. The highest BCUT2D eigenvalue weighted by Crippen LogP contribution is 2.43. The number of ether oxygens (including phenoxy) is 1. The van der Waals surface area contributed by atoms with Crippen molar-refractivity contribution in [3.05, 3.63) is 112 Å². The van der Waals surface area contributed by atoms with Crippen LogP contribution in [-0.2, 0) is 29.8 Å². The number of carbonyl (C=O) groups is 1. The molecule has 258 valence electrons. The second-order valence-corrected chi connectivity index (χ2v) is 11.5. The average molecular weight is 696 g/mol. The summed E-state index contributed by atoms with van der Waals surface area (Å²) in [6.45, 7) is 3.15. The fourth-order valence-electron chi connectivity index (χ4n) is 5.74. The van der Waals surface area contributed by atoms with Crippen molar-refractivity contribution in [3.63, 3.8) is 0 Å². The predicted octanol–water partition coefficient (Wildman–Crippen LogP) is 10.4. The zero-order chi connectivity index (χ0) is 36.1. The van der Waals surface area contributed by atoms with Crippen LogP contribution in [-0.4, -0.2) is 23.9 Å². The van der Waals surface area contributed by atoms with E-state index in [4.69, 9.17) is 9.57 Å². The lowest BCUT2D eigenvalue weighted by Crippen LogP contribution is -2.19. The molecule has 0 amide bonds. The smallest absolute Gasteiger partial charge is 0.416 e. The van der Waals surface area contributed by atoms with Gasteiger partial charge in [0, 0.05) is 17.9 Å². The van der Waals surface area contributed by atoms with E-state index in [2.05, 4.69) is 5.16 Å². The van der Waals surface area contributed by atoms with Gasteiger partial charge in [0.2, 0.25) is 0 Å². The van der Waals surface area contributed by atoms with Crippen LogP contribution in [0.1, 0.15) is 56.8 Å². The van der Waals surface area contributed by atoms with E-state index in [0.29, 0.717) is 34.4 Å². The van der Waals surface area contributed by atoms with Crippen LogP contribution in [0.2, 0.25) is 0 Å². The molecule has 1 N–H and O–H groups in total. The maximum absolute atomic E-state index is 13.9. The Bertz CT molecular complexity index is 1910. The molecular formula is C35H26F9NO4.